The lowest BCUT2D eigenvalue weighted by atomic mass is 10.0. The van der Waals surface area contributed by atoms with Crippen LogP contribution >= 0.6 is 0 Å². The number of hydrogen-bond acceptors (Lipinski definition) is 1. The summed E-state index contributed by atoms with van der Waals surface area (Å²) in [6, 6.07) is 0. The second kappa shape index (κ2) is 23.5. The van der Waals surface area contributed by atoms with Gasteiger partial charge in [-0.15, -0.1) is 0 Å². The highest BCUT2D eigenvalue weighted by Crippen LogP contribution is 2.13. The zero-order valence-electron chi connectivity index (χ0n) is 19.0. The molecule has 0 spiro atoms. The number of carbonyl (C=O) groups excluding carboxylic acids is 1. The van der Waals surface area contributed by atoms with Crippen molar-refractivity contribution in [3.63, 3.8) is 0 Å². The fourth-order valence-corrected chi connectivity index (χ4v) is 3.70. The summed E-state index contributed by atoms with van der Waals surface area (Å²) in [6.45, 7) is 5.40. The van der Waals surface area contributed by atoms with E-state index >= 15 is 0 Å². The Bertz CT molecular complexity index is 290. The quantitative estimate of drug-likeness (QED) is 0.188. The Balaban J connectivity index is 3.10. The molecule has 27 heavy (non-hydrogen) atoms. The highest BCUT2D eigenvalue weighted by molar-refractivity contribution is 5.75. The second-order valence-corrected chi connectivity index (χ2v) is 8.46. The zero-order valence-corrected chi connectivity index (χ0v) is 19.0. The summed E-state index contributed by atoms with van der Waals surface area (Å²) in [6.07, 6.45) is 27.7. The van der Waals surface area contributed by atoms with Gasteiger partial charge in [0.2, 0.25) is 5.91 Å². The average Bonchev–Trinajstić information content (AvgIpc) is 2.67. The molecule has 0 heterocycles. The van der Waals surface area contributed by atoms with Crippen LogP contribution in [0, 0.1) is 0 Å². The molecule has 0 aromatic rings. The molecule has 162 valence electrons. The molecule has 0 aromatic carbocycles. The first-order valence-corrected chi connectivity index (χ1v) is 12.6. The van der Waals surface area contributed by atoms with Crippen LogP contribution < -0.4 is 5.32 Å². The maximum atomic E-state index is 11.8. The van der Waals surface area contributed by atoms with E-state index in [1.54, 1.807) is 0 Å². The van der Waals surface area contributed by atoms with Crippen molar-refractivity contribution in [2.24, 2.45) is 0 Å². The predicted octanol–water partition coefficient (Wildman–Crippen LogP) is 8.33. The van der Waals surface area contributed by atoms with Crippen LogP contribution in [-0.2, 0) is 4.79 Å². The van der Waals surface area contributed by atoms with Gasteiger partial charge in [-0.2, -0.15) is 0 Å². The molecule has 0 saturated heterocycles. The van der Waals surface area contributed by atoms with Crippen LogP contribution in [-0.4, -0.2) is 12.5 Å². The van der Waals surface area contributed by atoms with Crippen molar-refractivity contribution in [1.29, 1.82) is 0 Å². The molecule has 0 rings (SSSR count). The van der Waals surface area contributed by atoms with Crippen molar-refractivity contribution < 1.29 is 4.79 Å². The normalized spacial score (nSPS) is 11.0. The fraction of sp³-hybridized carbons (Fsp3) is 0.960. The fourth-order valence-electron chi connectivity index (χ4n) is 3.70. The number of nitrogens with one attached hydrogen (secondary N) is 1. The molecule has 0 aliphatic heterocycles. The van der Waals surface area contributed by atoms with E-state index in [4.69, 9.17) is 0 Å². The molecule has 0 aliphatic rings. The van der Waals surface area contributed by atoms with E-state index in [-0.39, 0.29) is 5.91 Å². The number of carbonyl (C=O) groups is 1. The Morgan fingerprint density at radius 3 is 1.22 bits per heavy atom. The summed E-state index contributed by atoms with van der Waals surface area (Å²) < 4.78 is 0. The molecule has 0 aliphatic carbocycles. The van der Waals surface area contributed by atoms with Gasteiger partial charge in [0.15, 0.2) is 0 Å². The maximum Gasteiger partial charge on any atom is 0.219 e. The molecule has 0 atom stereocenters. The van der Waals surface area contributed by atoms with Gasteiger partial charge in [-0.25, -0.2) is 0 Å². The molecule has 0 fully saturated rings. The van der Waals surface area contributed by atoms with Gasteiger partial charge in [-0.1, -0.05) is 129 Å². The molecule has 1 N–H and O–H groups in total. The summed E-state index contributed by atoms with van der Waals surface area (Å²) in [5, 5.41) is 3.07. The largest absolute Gasteiger partial charge is 0.356 e. The third-order valence-electron chi connectivity index (χ3n) is 5.61. The summed E-state index contributed by atoms with van der Waals surface area (Å²) in [5.74, 6) is 0.264. The molecule has 0 saturated carbocycles. The van der Waals surface area contributed by atoms with Gasteiger partial charge in [0.25, 0.3) is 0 Å². The third kappa shape index (κ3) is 23.4. The minimum absolute atomic E-state index is 0.264. The van der Waals surface area contributed by atoms with Crippen LogP contribution in [0.3, 0.4) is 0 Å². The van der Waals surface area contributed by atoms with E-state index < -0.39 is 0 Å². The van der Waals surface area contributed by atoms with Gasteiger partial charge in [0.05, 0.1) is 0 Å². The minimum atomic E-state index is 0.264. The van der Waals surface area contributed by atoms with E-state index in [9.17, 15) is 4.79 Å². The predicted molar refractivity (Wildman–Crippen MR) is 121 cm³/mol. The second-order valence-electron chi connectivity index (χ2n) is 8.46. The lowest BCUT2D eigenvalue weighted by Crippen LogP contribution is -2.23. The Hall–Kier alpha value is -0.530. The first kappa shape index (κ1) is 26.5. The highest BCUT2D eigenvalue weighted by Gasteiger charge is 2.00. The molecule has 2 heteroatoms. The zero-order chi connectivity index (χ0) is 19.8. The van der Waals surface area contributed by atoms with E-state index in [2.05, 4.69) is 19.2 Å². The molecule has 0 unspecified atom stereocenters. The third-order valence-corrected chi connectivity index (χ3v) is 5.61. The van der Waals surface area contributed by atoms with Crippen LogP contribution in [0.25, 0.3) is 0 Å². The average molecular weight is 382 g/mol. The van der Waals surface area contributed by atoms with Crippen LogP contribution in [0.1, 0.15) is 149 Å². The number of rotatable bonds is 22. The maximum absolute atomic E-state index is 11.8. The Morgan fingerprint density at radius 1 is 0.481 bits per heavy atom. The number of hydrogen-bond donors (Lipinski definition) is 1. The SMILES string of the molecule is CCCCCCCCCCCCCCCCCC(=O)NCCCCCCC. The van der Waals surface area contributed by atoms with E-state index in [0.717, 1.165) is 25.8 Å². The molecule has 1 amide bonds. The highest BCUT2D eigenvalue weighted by atomic mass is 16.1. The van der Waals surface area contributed by atoms with Gasteiger partial charge >= 0.3 is 0 Å². The summed E-state index contributed by atoms with van der Waals surface area (Å²) >= 11 is 0. The monoisotopic (exact) mass is 381 g/mol. The smallest absolute Gasteiger partial charge is 0.219 e. The number of amides is 1. The van der Waals surface area contributed by atoms with Crippen LogP contribution in [0.15, 0.2) is 0 Å². The lowest BCUT2D eigenvalue weighted by Gasteiger charge is -2.05. The Morgan fingerprint density at radius 2 is 0.815 bits per heavy atom. The first-order valence-electron chi connectivity index (χ1n) is 12.6. The molecular weight excluding hydrogens is 330 g/mol. The lowest BCUT2D eigenvalue weighted by molar-refractivity contribution is -0.121. The summed E-state index contributed by atoms with van der Waals surface area (Å²) in [5.41, 5.74) is 0. The van der Waals surface area contributed by atoms with Crippen molar-refractivity contribution >= 4 is 5.91 Å². The topological polar surface area (TPSA) is 29.1 Å². The van der Waals surface area contributed by atoms with Crippen molar-refractivity contribution in [3.8, 4) is 0 Å². The molecular formula is C25H51NO. The van der Waals surface area contributed by atoms with Gasteiger partial charge in [0, 0.05) is 13.0 Å². The summed E-state index contributed by atoms with van der Waals surface area (Å²) in [7, 11) is 0. The number of unbranched alkanes of at least 4 members (excludes halogenated alkanes) is 18. The van der Waals surface area contributed by atoms with Crippen molar-refractivity contribution in [3.05, 3.63) is 0 Å². The van der Waals surface area contributed by atoms with Crippen LogP contribution in [0.5, 0.6) is 0 Å². The van der Waals surface area contributed by atoms with Gasteiger partial charge in [0.1, 0.15) is 0 Å². The molecule has 0 bridgehead atoms. The van der Waals surface area contributed by atoms with E-state index in [1.165, 1.54) is 116 Å². The van der Waals surface area contributed by atoms with Gasteiger partial charge in [-0.05, 0) is 12.8 Å². The van der Waals surface area contributed by atoms with E-state index in [1.807, 2.05) is 0 Å². The van der Waals surface area contributed by atoms with Gasteiger partial charge < -0.3 is 5.32 Å². The Kier molecular flexibility index (Phi) is 23.0. The van der Waals surface area contributed by atoms with Crippen molar-refractivity contribution in [2.45, 2.75) is 149 Å². The van der Waals surface area contributed by atoms with Crippen molar-refractivity contribution in [1.82, 2.24) is 5.32 Å². The summed E-state index contributed by atoms with van der Waals surface area (Å²) in [4.78, 5) is 11.8. The minimum Gasteiger partial charge on any atom is -0.356 e. The molecule has 0 radical (unpaired) electrons. The molecule has 2 nitrogen and oxygen atoms in total. The molecule has 0 aromatic heterocycles. The first-order chi connectivity index (χ1) is 13.3. The van der Waals surface area contributed by atoms with Crippen molar-refractivity contribution in [2.75, 3.05) is 6.54 Å². The van der Waals surface area contributed by atoms with Gasteiger partial charge in [-0.3, -0.25) is 4.79 Å². The van der Waals surface area contributed by atoms with E-state index in [0.29, 0.717) is 0 Å². The van der Waals surface area contributed by atoms with Crippen LogP contribution in [0.4, 0.5) is 0 Å². The van der Waals surface area contributed by atoms with Crippen LogP contribution in [0.2, 0.25) is 0 Å². The Labute approximate surface area is 171 Å². The standard InChI is InChI=1S/C25H51NO/c1-3-5-7-9-10-11-12-13-14-15-16-17-18-19-21-23-25(27)26-24-22-20-8-6-4-2/h3-24H2,1-2H3,(H,26,27).